The van der Waals surface area contributed by atoms with Gasteiger partial charge in [-0.3, -0.25) is 4.79 Å². The van der Waals surface area contributed by atoms with Crippen molar-refractivity contribution in [3.63, 3.8) is 0 Å². The number of fused-ring (bicyclic) bond motifs is 4. The monoisotopic (exact) mass is 575 g/mol. The largest absolute Gasteiger partial charge is 0.461 e. The van der Waals surface area contributed by atoms with E-state index < -0.39 is 0 Å². The van der Waals surface area contributed by atoms with E-state index in [1.54, 1.807) is 0 Å². The number of nitrogens with zero attached hydrogens (tertiary/aromatic N) is 5. The van der Waals surface area contributed by atoms with Crippen LogP contribution in [0.5, 0.6) is 0 Å². The molecule has 8 heteroatoms. The van der Waals surface area contributed by atoms with E-state index in [2.05, 4.69) is 65.4 Å². The van der Waals surface area contributed by atoms with Crippen molar-refractivity contribution in [3.05, 3.63) is 58.3 Å². The van der Waals surface area contributed by atoms with Gasteiger partial charge in [0.25, 0.3) is 0 Å². The van der Waals surface area contributed by atoms with Crippen LogP contribution in [-0.2, 0) is 17.8 Å². The second-order valence-corrected chi connectivity index (χ2v) is 10.8. The second-order valence-electron chi connectivity index (χ2n) is 10.8. The third-order valence-corrected chi connectivity index (χ3v) is 8.80. The molecule has 0 radical (unpaired) electrons. The second kappa shape index (κ2) is 14.8. The van der Waals surface area contributed by atoms with E-state index in [0.29, 0.717) is 30.8 Å². The Balaban J connectivity index is 1.91. The Morgan fingerprint density at radius 2 is 1.19 bits per heavy atom. The van der Waals surface area contributed by atoms with Crippen LogP contribution < -0.4 is 5.43 Å². The number of hydrogen-bond donors (Lipinski definition) is 0. The molecular weight excluding hydrogens is 526 g/mol. The van der Waals surface area contributed by atoms with Gasteiger partial charge in [0, 0.05) is 43.5 Å². The Labute approximate surface area is 250 Å². The average molecular weight is 576 g/mol. The van der Waals surface area contributed by atoms with Crippen molar-refractivity contribution in [2.24, 2.45) is 0 Å². The van der Waals surface area contributed by atoms with Crippen LogP contribution in [0.2, 0.25) is 0 Å². The lowest BCUT2D eigenvalue weighted by atomic mass is 10.1. The molecule has 0 aliphatic rings. The van der Waals surface area contributed by atoms with E-state index in [1.807, 2.05) is 42.5 Å². The summed E-state index contributed by atoms with van der Waals surface area (Å²) in [5.74, 6) is -0.328. The first-order chi connectivity index (χ1) is 20.4. The molecule has 0 unspecified atom stereocenters. The molecule has 0 saturated heterocycles. The van der Waals surface area contributed by atoms with Gasteiger partial charge in [-0.1, -0.05) is 53.7 Å². The lowest BCUT2D eigenvalue weighted by molar-refractivity contribution is 0.0466. The first kappa shape index (κ1) is 31.7. The smallest absolute Gasteiger partial charge is 0.338 e. The SMILES string of the molecule is CCN(CC)CCOC(=O)c1ccc2c(c1)c1c(c(=O)c3ccccc3n1CCN(CC)CC)n2CCN(CC)CC. The summed E-state index contributed by atoms with van der Waals surface area (Å²) in [5, 5.41) is 1.65. The predicted octanol–water partition coefficient (Wildman–Crippen LogP) is 5.29. The number of pyridine rings is 1. The van der Waals surface area contributed by atoms with E-state index in [9.17, 15) is 9.59 Å². The van der Waals surface area contributed by atoms with E-state index in [0.717, 1.165) is 86.2 Å². The van der Waals surface area contributed by atoms with Gasteiger partial charge in [-0.2, -0.15) is 0 Å². The molecule has 0 N–H and O–H groups in total. The molecule has 8 nitrogen and oxygen atoms in total. The van der Waals surface area contributed by atoms with E-state index in [4.69, 9.17) is 4.74 Å². The van der Waals surface area contributed by atoms with Crippen molar-refractivity contribution in [1.82, 2.24) is 23.8 Å². The molecule has 0 aliphatic carbocycles. The molecule has 0 fully saturated rings. The molecule has 0 amide bonds. The van der Waals surface area contributed by atoms with Crippen LogP contribution in [0.1, 0.15) is 51.9 Å². The summed E-state index contributed by atoms with van der Waals surface area (Å²) < 4.78 is 10.2. The Hall–Kier alpha value is -3.20. The zero-order chi connectivity index (χ0) is 30.2. The molecule has 0 saturated carbocycles. The molecule has 228 valence electrons. The van der Waals surface area contributed by atoms with E-state index >= 15 is 0 Å². The fraction of sp³-hybridized carbons (Fsp3) is 0.529. The van der Waals surface area contributed by atoms with Crippen molar-refractivity contribution >= 4 is 38.8 Å². The number of likely N-dealkylation sites (N-methyl/N-ethyl adjacent to an activating group) is 3. The zero-order valence-corrected chi connectivity index (χ0v) is 26.5. The van der Waals surface area contributed by atoms with Crippen molar-refractivity contribution in [1.29, 1.82) is 0 Å². The number of aromatic nitrogens is 2. The van der Waals surface area contributed by atoms with Gasteiger partial charge in [-0.15, -0.1) is 0 Å². The Kier molecular flexibility index (Phi) is 11.2. The zero-order valence-electron chi connectivity index (χ0n) is 26.5. The molecule has 2 aromatic carbocycles. The average Bonchev–Trinajstić information content (AvgIpc) is 3.35. The highest BCUT2D eigenvalue weighted by atomic mass is 16.5. The first-order valence-corrected chi connectivity index (χ1v) is 15.8. The standard InChI is InChI=1S/C34H49N5O3/c1-7-35(8-2)19-21-38-29-16-14-13-15-27(29)33(40)32-31(38)28-25-26(34(41)42-24-23-37(11-5)12-6)17-18-30(28)39(32)22-20-36(9-3)10-4/h13-18,25H,7-12,19-24H2,1-6H3. The fourth-order valence-corrected chi connectivity index (χ4v) is 6.03. The fourth-order valence-electron chi connectivity index (χ4n) is 6.03. The molecule has 0 bridgehead atoms. The van der Waals surface area contributed by atoms with Crippen molar-refractivity contribution in [3.8, 4) is 0 Å². The van der Waals surface area contributed by atoms with Crippen LogP contribution in [0.3, 0.4) is 0 Å². The molecular formula is C34H49N5O3. The van der Waals surface area contributed by atoms with Gasteiger partial charge in [-0.25, -0.2) is 4.79 Å². The maximum atomic E-state index is 14.2. The molecule has 0 spiro atoms. The lowest BCUT2D eigenvalue weighted by Gasteiger charge is -2.21. The predicted molar refractivity (Wildman–Crippen MR) is 175 cm³/mol. The summed E-state index contributed by atoms with van der Waals surface area (Å²) in [7, 11) is 0. The minimum atomic E-state index is -0.328. The lowest BCUT2D eigenvalue weighted by Crippen LogP contribution is -2.28. The molecule has 2 heterocycles. The van der Waals surface area contributed by atoms with Crippen LogP contribution in [0.15, 0.2) is 47.3 Å². The van der Waals surface area contributed by atoms with E-state index in [1.165, 1.54) is 0 Å². The Morgan fingerprint density at radius 3 is 1.79 bits per heavy atom. The van der Waals surface area contributed by atoms with E-state index in [-0.39, 0.29) is 11.4 Å². The van der Waals surface area contributed by atoms with Gasteiger partial charge in [-0.05, 0) is 69.6 Å². The maximum Gasteiger partial charge on any atom is 0.338 e. The minimum Gasteiger partial charge on any atom is -0.461 e. The number of carbonyl (C=O) groups excluding carboxylic acids is 1. The maximum absolute atomic E-state index is 14.2. The highest BCUT2D eigenvalue weighted by molar-refractivity contribution is 6.11. The third kappa shape index (κ3) is 6.56. The summed E-state index contributed by atoms with van der Waals surface area (Å²) in [6.07, 6.45) is 0. The normalized spacial score (nSPS) is 12.1. The van der Waals surface area contributed by atoms with Crippen LogP contribution in [0.25, 0.3) is 32.8 Å². The number of benzene rings is 2. The third-order valence-electron chi connectivity index (χ3n) is 8.80. The summed E-state index contributed by atoms with van der Waals surface area (Å²) in [5.41, 5.74) is 4.07. The highest BCUT2D eigenvalue weighted by Crippen LogP contribution is 2.31. The van der Waals surface area contributed by atoms with Crippen LogP contribution in [0, 0.1) is 0 Å². The number of carbonyl (C=O) groups is 1. The molecule has 4 rings (SSSR count). The van der Waals surface area contributed by atoms with Crippen molar-refractivity contribution < 1.29 is 9.53 Å². The first-order valence-electron chi connectivity index (χ1n) is 15.8. The van der Waals surface area contributed by atoms with Crippen LogP contribution >= 0.6 is 0 Å². The van der Waals surface area contributed by atoms with Gasteiger partial charge in [0.05, 0.1) is 22.1 Å². The number of rotatable bonds is 16. The number of esters is 1. The van der Waals surface area contributed by atoms with Crippen LogP contribution in [0.4, 0.5) is 0 Å². The van der Waals surface area contributed by atoms with Gasteiger partial charge in [0.1, 0.15) is 12.1 Å². The van der Waals surface area contributed by atoms with Crippen molar-refractivity contribution in [2.75, 3.05) is 65.5 Å². The van der Waals surface area contributed by atoms with Gasteiger partial charge in [0.2, 0.25) is 5.43 Å². The quantitative estimate of drug-likeness (QED) is 0.169. The van der Waals surface area contributed by atoms with Gasteiger partial charge < -0.3 is 28.6 Å². The number of hydrogen-bond acceptors (Lipinski definition) is 6. The summed E-state index contributed by atoms with van der Waals surface area (Å²) in [6.45, 7) is 22.8. The Morgan fingerprint density at radius 1 is 0.667 bits per heavy atom. The van der Waals surface area contributed by atoms with Crippen LogP contribution in [-0.4, -0.2) is 95.3 Å². The topological polar surface area (TPSA) is 63.0 Å². The Bertz CT molecular complexity index is 1540. The van der Waals surface area contributed by atoms with Crippen molar-refractivity contribution in [2.45, 2.75) is 54.6 Å². The summed E-state index contributed by atoms with van der Waals surface area (Å²) in [4.78, 5) is 34.4. The number of para-hydroxylation sites is 1. The molecule has 0 aliphatic heterocycles. The summed E-state index contributed by atoms with van der Waals surface area (Å²) >= 11 is 0. The molecule has 42 heavy (non-hydrogen) atoms. The number of ether oxygens (including phenoxy) is 1. The molecule has 4 aromatic rings. The molecule has 0 atom stereocenters. The highest BCUT2D eigenvalue weighted by Gasteiger charge is 2.22. The summed E-state index contributed by atoms with van der Waals surface area (Å²) in [6, 6.07) is 13.7. The minimum absolute atomic E-state index is 0.0405. The molecule has 2 aromatic heterocycles. The van der Waals surface area contributed by atoms with Gasteiger partial charge >= 0.3 is 5.97 Å². The van der Waals surface area contributed by atoms with Gasteiger partial charge in [0.15, 0.2) is 0 Å².